The number of hydrogen-bond donors (Lipinski definition) is 1. The number of nitrogens with zero attached hydrogens (tertiary/aromatic N) is 1. The standard InChI is InChI=1S/C17H26N2S/c1-11(2)14(5)18-16(7)19-15(6)12(3)10-17-9-8-13(4)20-17/h8-9,14H,1,10H2,2-7H3,(H,18,19). The summed E-state index contributed by atoms with van der Waals surface area (Å²) in [6, 6.07) is 4.55. The summed E-state index contributed by atoms with van der Waals surface area (Å²) in [6.45, 7) is 16.4. The summed E-state index contributed by atoms with van der Waals surface area (Å²) in [5.74, 6) is 0.944. The first-order valence-electron chi connectivity index (χ1n) is 6.98. The van der Waals surface area contributed by atoms with Crippen molar-refractivity contribution in [3.05, 3.63) is 45.3 Å². The van der Waals surface area contributed by atoms with Gasteiger partial charge in [-0.15, -0.1) is 11.3 Å². The fraction of sp³-hybridized carbons (Fsp3) is 0.471. The molecule has 0 aromatic carbocycles. The first-order chi connectivity index (χ1) is 9.29. The van der Waals surface area contributed by atoms with Gasteiger partial charge in [0.15, 0.2) is 0 Å². The highest BCUT2D eigenvalue weighted by Crippen LogP contribution is 2.19. The van der Waals surface area contributed by atoms with Gasteiger partial charge in [-0.05, 0) is 59.2 Å². The van der Waals surface area contributed by atoms with E-state index in [2.05, 4.69) is 56.7 Å². The number of rotatable bonds is 5. The Kier molecular flexibility index (Phi) is 6.21. The molecule has 0 saturated heterocycles. The Morgan fingerprint density at radius 2 is 1.95 bits per heavy atom. The molecule has 0 aliphatic rings. The van der Waals surface area contributed by atoms with Gasteiger partial charge in [0, 0.05) is 21.9 Å². The fourth-order valence-electron chi connectivity index (χ4n) is 1.79. The molecule has 1 aromatic rings. The number of aliphatic imine (C=N–C) groups is 1. The highest BCUT2D eigenvalue weighted by atomic mass is 32.1. The predicted octanol–water partition coefficient (Wildman–Crippen LogP) is 4.87. The first-order valence-corrected chi connectivity index (χ1v) is 7.79. The minimum Gasteiger partial charge on any atom is -0.348 e. The van der Waals surface area contributed by atoms with Crippen LogP contribution in [-0.2, 0) is 6.42 Å². The van der Waals surface area contributed by atoms with Gasteiger partial charge in [-0.1, -0.05) is 12.2 Å². The lowest BCUT2D eigenvalue weighted by Gasteiger charge is -2.13. The third kappa shape index (κ3) is 5.33. The Bertz CT molecular complexity index is 535. The number of nitrogens with one attached hydrogen (secondary N) is 1. The zero-order valence-corrected chi connectivity index (χ0v) is 14.3. The van der Waals surface area contributed by atoms with Crippen molar-refractivity contribution in [2.24, 2.45) is 4.99 Å². The van der Waals surface area contributed by atoms with Crippen LogP contribution in [0.2, 0.25) is 0 Å². The van der Waals surface area contributed by atoms with E-state index in [-0.39, 0.29) is 6.04 Å². The summed E-state index contributed by atoms with van der Waals surface area (Å²) in [6.07, 6.45) is 1.00. The van der Waals surface area contributed by atoms with Crippen LogP contribution in [0, 0.1) is 6.92 Å². The van der Waals surface area contributed by atoms with Crippen LogP contribution in [0.3, 0.4) is 0 Å². The highest BCUT2D eigenvalue weighted by Gasteiger charge is 2.04. The van der Waals surface area contributed by atoms with E-state index < -0.39 is 0 Å². The van der Waals surface area contributed by atoms with Crippen LogP contribution in [-0.4, -0.2) is 11.9 Å². The Morgan fingerprint density at radius 3 is 2.45 bits per heavy atom. The molecular weight excluding hydrogens is 264 g/mol. The lowest BCUT2D eigenvalue weighted by atomic mass is 10.1. The highest BCUT2D eigenvalue weighted by molar-refractivity contribution is 7.11. The van der Waals surface area contributed by atoms with E-state index in [0.29, 0.717) is 0 Å². The minimum atomic E-state index is 0.163. The molecule has 0 aliphatic carbocycles. The van der Waals surface area contributed by atoms with Crippen molar-refractivity contribution in [3.8, 4) is 0 Å². The van der Waals surface area contributed by atoms with Gasteiger partial charge in [-0.2, -0.15) is 0 Å². The average molecular weight is 290 g/mol. The molecule has 0 aliphatic heterocycles. The van der Waals surface area contributed by atoms with Crippen LogP contribution in [0.4, 0.5) is 0 Å². The van der Waals surface area contributed by atoms with Crippen LogP contribution >= 0.6 is 11.3 Å². The van der Waals surface area contributed by atoms with E-state index in [0.717, 1.165) is 17.8 Å². The van der Waals surface area contributed by atoms with Gasteiger partial charge in [0.05, 0.1) is 11.9 Å². The quantitative estimate of drug-likeness (QED) is 0.467. The molecule has 0 amide bonds. The van der Waals surface area contributed by atoms with Gasteiger partial charge in [0.2, 0.25) is 0 Å². The normalized spacial score (nSPS) is 14.8. The molecular formula is C17H26N2S. The number of amidine groups is 1. The van der Waals surface area contributed by atoms with Crippen molar-refractivity contribution >= 4 is 17.2 Å². The van der Waals surface area contributed by atoms with E-state index in [4.69, 9.17) is 0 Å². The fourth-order valence-corrected chi connectivity index (χ4v) is 2.76. The molecule has 0 radical (unpaired) electrons. The van der Waals surface area contributed by atoms with Crippen LogP contribution in [0.15, 0.2) is 40.5 Å². The second-order valence-corrected chi connectivity index (χ2v) is 6.83. The predicted molar refractivity (Wildman–Crippen MR) is 91.7 cm³/mol. The van der Waals surface area contributed by atoms with Gasteiger partial charge in [0.1, 0.15) is 0 Å². The minimum absolute atomic E-state index is 0.163. The van der Waals surface area contributed by atoms with Crippen molar-refractivity contribution < 1.29 is 0 Å². The molecule has 0 spiro atoms. The first kappa shape index (κ1) is 16.7. The average Bonchev–Trinajstić information content (AvgIpc) is 2.74. The van der Waals surface area contributed by atoms with Gasteiger partial charge >= 0.3 is 0 Å². The van der Waals surface area contributed by atoms with Crippen LogP contribution in [0.5, 0.6) is 0 Å². The van der Waals surface area contributed by atoms with E-state index in [1.807, 2.05) is 25.2 Å². The summed E-state index contributed by atoms with van der Waals surface area (Å²) in [5, 5.41) is 3.39. The largest absolute Gasteiger partial charge is 0.348 e. The summed E-state index contributed by atoms with van der Waals surface area (Å²) in [5.41, 5.74) is 3.62. The third-order valence-electron chi connectivity index (χ3n) is 3.34. The van der Waals surface area contributed by atoms with Crippen molar-refractivity contribution in [1.82, 2.24) is 5.32 Å². The number of hydrogen-bond acceptors (Lipinski definition) is 2. The molecule has 1 N–H and O–H groups in total. The number of allylic oxidation sites excluding steroid dienone is 2. The molecule has 1 aromatic heterocycles. The molecule has 3 heteroatoms. The van der Waals surface area contributed by atoms with Gasteiger partial charge < -0.3 is 5.32 Å². The maximum Gasteiger partial charge on any atom is 0.0980 e. The van der Waals surface area contributed by atoms with Crippen LogP contribution < -0.4 is 5.32 Å². The Balaban J connectivity index is 2.70. The zero-order chi connectivity index (χ0) is 15.3. The second-order valence-electron chi connectivity index (χ2n) is 5.46. The van der Waals surface area contributed by atoms with Crippen LogP contribution in [0.1, 0.15) is 44.4 Å². The Hall–Kier alpha value is -1.35. The van der Waals surface area contributed by atoms with Crippen molar-refractivity contribution in [2.75, 3.05) is 0 Å². The summed E-state index contributed by atoms with van der Waals surface area (Å²) >= 11 is 1.86. The van der Waals surface area contributed by atoms with E-state index in [1.165, 1.54) is 21.0 Å². The van der Waals surface area contributed by atoms with E-state index in [9.17, 15) is 0 Å². The second kappa shape index (κ2) is 7.44. The maximum atomic E-state index is 4.58. The smallest absolute Gasteiger partial charge is 0.0980 e. The molecule has 2 nitrogen and oxygen atoms in total. The van der Waals surface area contributed by atoms with Gasteiger partial charge in [-0.3, -0.25) is 4.99 Å². The van der Waals surface area contributed by atoms with Crippen LogP contribution in [0.25, 0.3) is 0 Å². The summed E-state index contributed by atoms with van der Waals surface area (Å²) in [4.78, 5) is 7.36. The molecule has 0 bridgehead atoms. The molecule has 20 heavy (non-hydrogen) atoms. The van der Waals surface area contributed by atoms with Gasteiger partial charge in [-0.25, -0.2) is 0 Å². The van der Waals surface area contributed by atoms with Crippen molar-refractivity contribution in [1.29, 1.82) is 0 Å². The molecule has 1 unspecified atom stereocenters. The van der Waals surface area contributed by atoms with Crippen molar-refractivity contribution in [3.63, 3.8) is 0 Å². The van der Waals surface area contributed by atoms with Gasteiger partial charge in [0.25, 0.3) is 0 Å². The Morgan fingerprint density at radius 1 is 1.30 bits per heavy atom. The molecule has 110 valence electrons. The summed E-state index contributed by atoms with van der Waals surface area (Å²) < 4.78 is 0. The number of aryl methyl sites for hydroxylation is 1. The SMILES string of the molecule is C=C(C)C(C)N=C(C)NC(C)=C(C)Cc1ccc(C)s1. The summed E-state index contributed by atoms with van der Waals surface area (Å²) in [7, 11) is 0. The van der Waals surface area contributed by atoms with E-state index >= 15 is 0 Å². The molecule has 0 fully saturated rings. The zero-order valence-electron chi connectivity index (χ0n) is 13.5. The Labute approximate surface area is 127 Å². The van der Waals surface area contributed by atoms with E-state index in [1.54, 1.807) is 0 Å². The lowest BCUT2D eigenvalue weighted by molar-refractivity contribution is 0.850. The lowest BCUT2D eigenvalue weighted by Crippen LogP contribution is -2.21. The topological polar surface area (TPSA) is 24.4 Å². The molecule has 1 heterocycles. The maximum absolute atomic E-state index is 4.58. The molecule has 1 rings (SSSR count). The van der Waals surface area contributed by atoms with Crippen molar-refractivity contribution in [2.45, 2.75) is 54.0 Å². The monoisotopic (exact) mass is 290 g/mol. The number of thiophene rings is 1. The third-order valence-corrected chi connectivity index (χ3v) is 4.35. The molecule has 0 saturated carbocycles. The molecule has 1 atom stereocenters.